The first-order chi connectivity index (χ1) is 7.72. The topological polar surface area (TPSA) is 28.2 Å². The summed E-state index contributed by atoms with van der Waals surface area (Å²) in [5, 5.41) is 3.28. The van der Waals surface area contributed by atoms with Crippen molar-refractivity contribution in [2.24, 2.45) is 0 Å². The molecule has 1 rings (SSSR count). The van der Waals surface area contributed by atoms with Crippen LogP contribution in [0.2, 0.25) is 0 Å². The van der Waals surface area contributed by atoms with Crippen molar-refractivity contribution in [3.05, 3.63) is 42.2 Å². The molecule has 0 radical (unpaired) electrons. The molecule has 0 unspecified atom stereocenters. The highest BCUT2D eigenvalue weighted by Gasteiger charge is 2.00. The Labute approximate surface area is 98.2 Å². The molecule has 3 heteroatoms. The minimum Gasteiger partial charge on any atom is -0.312 e. The Kier molecular flexibility index (Phi) is 5.75. The molecule has 0 bridgehead atoms. The van der Waals surface area contributed by atoms with Gasteiger partial charge in [0.15, 0.2) is 0 Å². The first-order valence-corrected chi connectivity index (χ1v) is 5.65. The number of aryl methyl sites for hydroxylation is 1. The van der Waals surface area contributed by atoms with Crippen LogP contribution in [-0.4, -0.2) is 36.6 Å². The summed E-state index contributed by atoms with van der Waals surface area (Å²) in [5.74, 6) is 0. The smallest absolute Gasteiger partial charge is 0.0547 e. The number of nitrogens with one attached hydrogen (secondary N) is 1. The van der Waals surface area contributed by atoms with E-state index in [1.165, 1.54) is 0 Å². The van der Waals surface area contributed by atoms with Crippen molar-refractivity contribution in [1.29, 1.82) is 0 Å². The predicted octanol–water partition coefficient (Wildman–Crippen LogP) is 1.60. The SMILES string of the molecule is C=CCNCCN(C)Cc1cccc(C)n1. The maximum atomic E-state index is 4.48. The molecule has 16 heavy (non-hydrogen) atoms. The molecule has 0 aliphatic heterocycles. The van der Waals surface area contributed by atoms with Crippen LogP contribution in [0.15, 0.2) is 30.9 Å². The number of pyridine rings is 1. The van der Waals surface area contributed by atoms with Crippen molar-refractivity contribution in [2.75, 3.05) is 26.7 Å². The Balaban J connectivity index is 2.28. The molecule has 0 saturated carbocycles. The summed E-state index contributed by atoms with van der Waals surface area (Å²) < 4.78 is 0. The van der Waals surface area contributed by atoms with Gasteiger partial charge in [0.25, 0.3) is 0 Å². The third-order valence-electron chi connectivity index (χ3n) is 2.34. The van der Waals surface area contributed by atoms with Crippen LogP contribution in [0.5, 0.6) is 0 Å². The second kappa shape index (κ2) is 7.14. The summed E-state index contributed by atoms with van der Waals surface area (Å²) >= 11 is 0. The normalized spacial score (nSPS) is 10.7. The van der Waals surface area contributed by atoms with Crippen molar-refractivity contribution in [3.8, 4) is 0 Å². The maximum absolute atomic E-state index is 4.48. The molecular formula is C13H21N3. The maximum Gasteiger partial charge on any atom is 0.0547 e. The summed E-state index contributed by atoms with van der Waals surface area (Å²) in [5.41, 5.74) is 2.21. The van der Waals surface area contributed by atoms with Gasteiger partial charge in [-0.15, -0.1) is 6.58 Å². The molecule has 0 aromatic carbocycles. The largest absolute Gasteiger partial charge is 0.312 e. The van der Waals surface area contributed by atoms with Crippen molar-refractivity contribution in [3.63, 3.8) is 0 Å². The van der Waals surface area contributed by atoms with E-state index in [4.69, 9.17) is 0 Å². The van der Waals surface area contributed by atoms with Crippen LogP contribution < -0.4 is 5.32 Å². The molecule has 0 saturated heterocycles. The summed E-state index contributed by atoms with van der Waals surface area (Å²) in [6.45, 7) is 9.46. The molecule has 88 valence electrons. The van der Waals surface area contributed by atoms with Gasteiger partial charge in [-0.05, 0) is 26.1 Å². The molecule has 1 aromatic rings. The Morgan fingerprint density at radius 2 is 2.31 bits per heavy atom. The van der Waals surface area contributed by atoms with Gasteiger partial charge >= 0.3 is 0 Å². The fourth-order valence-electron chi connectivity index (χ4n) is 1.52. The van der Waals surface area contributed by atoms with Gasteiger partial charge in [0, 0.05) is 31.9 Å². The Hall–Kier alpha value is -1.19. The summed E-state index contributed by atoms with van der Waals surface area (Å²) in [6, 6.07) is 6.15. The van der Waals surface area contributed by atoms with Crippen LogP contribution in [-0.2, 0) is 6.54 Å². The van der Waals surface area contributed by atoms with E-state index < -0.39 is 0 Å². The van der Waals surface area contributed by atoms with E-state index >= 15 is 0 Å². The molecule has 0 fully saturated rings. The zero-order valence-corrected chi connectivity index (χ0v) is 10.2. The summed E-state index contributed by atoms with van der Waals surface area (Å²) in [4.78, 5) is 6.74. The second-order valence-corrected chi connectivity index (χ2v) is 4.00. The molecule has 0 spiro atoms. The van der Waals surface area contributed by atoms with Crippen LogP contribution in [0, 0.1) is 6.92 Å². The third kappa shape index (κ3) is 5.05. The minimum absolute atomic E-state index is 0.872. The fourth-order valence-corrected chi connectivity index (χ4v) is 1.52. The minimum atomic E-state index is 0.872. The van der Waals surface area contributed by atoms with Gasteiger partial charge in [-0.1, -0.05) is 12.1 Å². The first kappa shape index (κ1) is 12.9. The Bertz CT molecular complexity index is 323. The van der Waals surface area contributed by atoms with Crippen LogP contribution in [0.25, 0.3) is 0 Å². The van der Waals surface area contributed by atoms with Crippen molar-refractivity contribution >= 4 is 0 Å². The van der Waals surface area contributed by atoms with E-state index in [1.54, 1.807) is 0 Å². The summed E-state index contributed by atoms with van der Waals surface area (Å²) in [6.07, 6.45) is 1.88. The molecule has 1 heterocycles. The lowest BCUT2D eigenvalue weighted by Gasteiger charge is -2.16. The average Bonchev–Trinajstić information content (AvgIpc) is 2.24. The highest BCUT2D eigenvalue weighted by molar-refractivity contribution is 5.09. The molecule has 0 amide bonds. The first-order valence-electron chi connectivity index (χ1n) is 5.65. The lowest BCUT2D eigenvalue weighted by atomic mass is 10.3. The highest BCUT2D eigenvalue weighted by atomic mass is 15.1. The molecule has 1 aromatic heterocycles. The monoisotopic (exact) mass is 219 g/mol. The van der Waals surface area contributed by atoms with E-state index in [0.717, 1.165) is 37.6 Å². The molecule has 0 atom stereocenters. The lowest BCUT2D eigenvalue weighted by Crippen LogP contribution is -2.29. The molecule has 0 aliphatic rings. The quantitative estimate of drug-likeness (QED) is 0.557. The Morgan fingerprint density at radius 1 is 1.50 bits per heavy atom. The molecule has 0 aliphatic carbocycles. The number of hydrogen-bond acceptors (Lipinski definition) is 3. The van der Waals surface area contributed by atoms with Gasteiger partial charge in [-0.25, -0.2) is 0 Å². The van der Waals surface area contributed by atoms with E-state index in [1.807, 2.05) is 19.1 Å². The van der Waals surface area contributed by atoms with E-state index in [-0.39, 0.29) is 0 Å². The second-order valence-electron chi connectivity index (χ2n) is 4.00. The number of rotatable bonds is 7. The standard InChI is InChI=1S/C13H21N3/c1-4-8-14-9-10-16(3)11-13-7-5-6-12(2)15-13/h4-7,14H,1,8-11H2,2-3H3. The third-order valence-corrected chi connectivity index (χ3v) is 2.34. The molecular weight excluding hydrogens is 198 g/mol. The number of hydrogen-bond donors (Lipinski definition) is 1. The average molecular weight is 219 g/mol. The zero-order valence-electron chi connectivity index (χ0n) is 10.2. The van der Waals surface area contributed by atoms with Gasteiger partial charge in [-0.3, -0.25) is 9.88 Å². The fraction of sp³-hybridized carbons (Fsp3) is 0.462. The van der Waals surface area contributed by atoms with E-state index in [2.05, 4.69) is 41.0 Å². The van der Waals surface area contributed by atoms with Crippen LogP contribution in [0.1, 0.15) is 11.4 Å². The van der Waals surface area contributed by atoms with E-state index in [0.29, 0.717) is 0 Å². The molecule has 3 nitrogen and oxygen atoms in total. The van der Waals surface area contributed by atoms with E-state index in [9.17, 15) is 0 Å². The van der Waals surface area contributed by atoms with Crippen molar-refractivity contribution in [1.82, 2.24) is 15.2 Å². The van der Waals surface area contributed by atoms with Gasteiger partial charge in [-0.2, -0.15) is 0 Å². The molecule has 1 N–H and O–H groups in total. The zero-order chi connectivity index (χ0) is 11.8. The van der Waals surface area contributed by atoms with Crippen LogP contribution in [0.4, 0.5) is 0 Å². The van der Waals surface area contributed by atoms with Gasteiger partial charge in [0.2, 0.25) is 0 Å². The highest BCUT2D eigenvalue weighted by Crippen LogP contribution is 2.00. The number of nitrogens with zero attached hydrogens (tertiary/aromatic N) is 2. The van der Waals surface area contributed by atoms with Crippen LogP contribution in [0.3, 0.4) is 0 Å². The van der Waals surface area contributed by atoms with Crippen molar-refractivity contribution in [2.45, 2.75) is 13.5 Å². The Morgan fingerprint density at radius 3 is 3.00 bits per heavy atom. The number of aromatic nitrogens is 1. The number of likely N-dealkylation sites (N-methyl/N-ethyl adjacent to an activating group) is 1. The van der Waals surface area contributed by atoms with Gasteiger partial charge in [0.1, 0.15) is 0 Å². The summed E-state index contributed by atoms with van der Waals surface area (Å²) in [7, 11) is 2.11. The predicted molar refractivity (Wildman–Crippen MR) is 68.4 cm³/mol. The van der Waals surface area contributed by atoms with Crippen molar-refractivity contribution < 1.29 is 0 Å². The lowest BCUT2D eigenvalue weighted by molar-refractivity contribution is 0.322. The van der Waals surface area contributed by atoms with Crippen LogP contribution >= 0.6 is 0 Å². The van der Waals surface area contributed by atoms with Gasteiger partial charge in [0.05, 0.1) is 5.69 Å². The van der Waals surface area contributed by atoms with Gasteiger partial charge < -0.3 is 5.32 Å².